The molecule has 0 unspecified atom stereocenters. The average molecular weight is 483 g/mol. The average Bonchev–Trinajstić information content (AvgIpc) is 3.08. The number of hydrogen-bond donors (Lipinski definition) is 2. The molecule has 4 rings (SSSR count). The fourth-order valence-corrected chi connectivity index (χ4v) is 6.16. The van der Waals surface area contributed by atoms with Crippen LogP contribution in [0.15, 0.2) is 28.1 Å². The van der Waals surface area contributed by atoms with Crippen molar-refractivity contribution in [2.45, 2.75) is 61.3 Å². The van der Waals surface area contributed by atoms with Crippen LogP contribution in [0.4, 0.5) is 5.82 Å². The minimum absolute atomic E-state index is 0.137. The minimum atomic E-state index is -0.174. The zero-order valence-electron chi connectivity index (χ0n) is 17.8. The molecule has 3 N–H and O–H groups in total. The Kier molecular flexibility index (Phi) is 7.01. The zero-order chi connectivity index (χ0) is 22.2. The summed E-state index contributed by atoms with van der Waals surface area (Å²) >= 11 is 13.9. The Morgan fingerprint density at radius 3 is 2.68 bits per heavy atom. The van der Waals surface area contributed by atoms with E-state index in [1.807, 2.05) is 19.1 Å². The molecule has 2 aromatic rings. The third kappa shape index (κ3) is 4.54. The van der Waals surface area contributed by atoms with Crippen LogP contribution in [0.2, 0.25) is 10.0 Å². The van der Waals surface area contributed by atoms with E-state index in [0.29, 0.717) is 20.8 Å². The van der Waals surface area contributed by atoms with Gasteiger partial charge in [0.05, 0.1) is 28.5 Å². The predicted molar refractivity (Wildman–Crippen MR) is 125 cm³/mol. The molecule has 1 aliphatic carbocycles. The van der Waals surface area contributed by atoms with Gasteiger partial charge in [-0.3, -0.25) is 0 Å². The van der Waals surface area contributed by atoms with Gasteiger partial charge in [-0.15, -0.1) is 0 Å². The largest absolute Gasteiger partial charge is 0.390 e. The van der Waals surface area contributed by atoms with E-state index < -0.39 is 0 Å². The smallest absolute Gasteiger partial charge is 0.153 e. The number of aliphatic hydroxyl groups is 1. The van der Waals surface area contributed by atoms with Crippen LogP contribution in [-0.2, 0) is 11.3 Å². The van der Waals surface area contributed by atoms with Crippen LogP contribution in [0.3, 0.4) is 0 Å². The maximum atomic E-state index is 10.0. The number of anilines is 1. The highest BCUT2D eigenvalue weighted by Crippen LogP contribution is 2.47. The lowest BCUT2D eigenvalue weighted by Gasteiger charge is -2.42. The number of benzene rings is 1. The molecule has 0 radical (unpaired) electrons. The van der Waals surface area contributed by atoms with Crippen LogP contribution in [0.5, 0.6) is 0 Å². The molecule has 1 saturated heterocycles. The molecule has 1 aromatic carbocycles. The molecule has 1 spiro atoms. The number of piperidine rings is 1. The topological polar surface area (TPSA) is 84.5 Å². The van der Waals surface area contributed by atoms with Crippen molar-refractivity contribution in [3.8, 4) is 0 Å². The van der Waals surface area contributed by atoms with Crippen molar-refractivity contribution in [3.63, 3.8) is 0 Å². The van der Waals surface area contributed by atoms with Crippen molar-refractivity contribution < 1.29 is 9.84 Å². The number of aryl methyl sites for hydroxylation is 1. The van der Waals surface area contributed by atoms with Gasteiger partial charge in [-0.05, 0) is 50.2 Å². The monoisotopic (exact) mass is 482 g/mol. The number of hydrogen-bond acceptors (Lipinski definition) is 7. The van der Waals surface area contributed by atoms with Crippen LogP contribution in [0.1, 0.15) is 37.1 Å². The Balaban J connectivity index is 1.53. The van der Waals surface area contributed by atoms with E-state index in [0.717, 1.165) is 55.2 Å². The summed E-state index contributed by atoms with van der Waals surface area (Å²) in [5.41, 5.74) is 8.01. The van der Waals surface area contributed by atoms with Crippen molar-refractivity contribution in [3.05, 3.63) is 39.6 Å². The van der Waals surface area contributed by atoms with Gasteiger partial charge in [0.2, 0.25) is 0 Å². The number of ether oxygens (including phenoxy) is 1. The molecular weight excluding hydrogens is 455 g/mol. The minimum Gasteiger partial charge on any atom is -0.390 e. The first kappa shape index (κ1) is 23.1. The summed E-state index contributed by atoms with van der Waals surface area (Å²) in [5.74, 6) is 0.756. The standard InChI is InChI=1S/C22H28Cl2N4O2S/c1-13-21(31-17-5-3-4-15(23)19(17)24)27-16(12-29)20(26-13)28-8-6-22(7-9-28)11-14(30-2)10-18(22)25/h3-5,14,18,29H,6-12,25H2,1-2H3/t14-,18+/m0/s1. The lowest BCUT2D eigenvalue weighted by molar-refractivity contribution is 0.0890. The lowest BCUT2D eigenvalue weighted by atomic mass is 9.74. The van der Waals surface area contributed by atoms with Crippen LogP contribution < -0.4 is 10.6 Å². The molecule has 0 amide bonds. The van der Waals surface area contributed by atoms with Crippen LogP contribution in [0, 0.1) is 12.3 Å². The maximum absolute atomic E-state index is 10.0. The number of aliphatic hydroxyl groups excluding tert-OH is 1. The Morgan fingerprint density at radius 2 is 2.03 bits per heavy atom. The molecule has 0 bridgehead atoms. The molecule has 2 aliphatic rings. The first-order valence-corrected chi connectivity index (χ1v) is 12.1. The summed E-state index contributed by atoms with van der Waals surface area (Å²) in [6.07, 6.45) is 4.19. The highest BCUT2D eigenvalue weighted by atomic mass is 35.5. The van der Waals surface area contributed by atoms with Crippen LogP contribution >= 0.6 is 35.0 Å². The van der Waals surface area contributed by atoms with Crippen LogP contribution in [0.25, 0.3) is 0 Å². The summed E-state index contributed by atoms with van der Waals surface area (Å²) < 4.78 is 5.58. The Bertz CT molecular complexity index is 953. The lowest BCUT2D eigenvalue weighted by Crippen LogP contribution is -2.47. The van der Waals surface area contributed by atoms with Gasteiger partial charge in [-0.25, -0.2) is 9.97 Å². The van der Waals surface area contributed by atoms with Gasteiger partial charge in [0, 0.05) is 31.1 Å². The van der Waals surface area contributed by atoms with E-state index in [1.54, 1.807) is 13.2 Å². The SMILES string of the molecule is CO[C@H]1C[C@@H](N)C2(CCN(c3nc(C)c(Sc4cccc(Cl)c4Cl)nc3CO)CC2)C1. The van der Waals surface area contributed by atoms with E-state index in [4.69, 9.17) is 43.6 Å². The molecule has 9 heteroatoms. The normalized spacial score (nSPS) is 23.0. The first-order valence-electron chi connectivity index (χ1n) is 10.5. The van der Waals surface area contributed by atoms with E-state index in [1.165, 1.54) is 11.8 Å². The summed E-state index contributed by atoms with van der Waals surface area (Å²) in [6, 6.07) is 5.68. The number of nitrogens with zero attached hydrogens (tertiary/aromatic N) is 3. The number of aromatic nitrogens is 2. The third-order valence-corrected chi connectivity index (χ3v) is 8.75. The Morgan fingerprint density at radius 1 is 1.29 bits per heavy atom. The molecule has 1 aliphatic heterocycles. The first-order chi connectivity index (χ1) is 14.9. The van der Waals surface area contributed by atoms with Gasteiger partial charge in [0.15, 0.2) is 5.82 Å². The van der Waals surface area contributed by atoms with Crippen molar-refractivity contribution >= 4 is 40.8 Å². The second kappa shape index (κ2) is 9.41. The van der Waals surface area contributed by atoms with Crippen molar-refractivity contribution in [2.24, 2.45) is 11.1 Å². The summed E-state index contributed by atoms with van der Waals surface area (Å²) in [6.45, 7) is 3.45. The molecule has 6 nitrogen and oxygen atoms in total. The Labute approximate surface area is 197 Å². The number of nitrogens with two attached hydrogens (primary N) is 1. The maximum Gasteiger partial charge on any atom is 0.153 e. The van der Waals surface area contributed by atoms with Gasteiger partial charge in [0.1, 0.15) is 10.7 Å². The van der Waals surface area contributed by atoms with Crippen molar-refractivity contribution in [2.75, 3.05) is 25.1 Å². The van der Waals surface area contributed by atoms with Crippen LogP contribution in [-0.4, -0.2) is 47.4 Å². The summed E-state index contributed by atoms with van der Waals surface area (Å²) in [7, 11) is 1.77. The van der Waals surface area contributed by atoms with E-state index in [9.17, 15) is 5.11 Å². The quantitative estimate of drug-likeness (QED) is 0.650. The number of rotatable bonds is 5. The Hall–Kier alpha value is -1.09. The van der Waals surface area contributed by atoms with E-state index >= 15 is 0 Å². The molecule has 2 heterocycles. The van der Waals surface area contributed by atoms with Gasteiger partial charge in [0.25, 0.3) is 0 Å². The van der Waals surface area contributed by atoms with E-state index in [2.05, 4.69) is 4.90 Å². The summed E-state index contributed by atoms with van der Waals surface area (Å²) in [4.78, 5) is 12.6. The van der Waals surface area contributed by atoms with Gasteiger partial charge in [-0.2, -0.15) is 0 Å². The van der Waals surface area contributed by atoms with Gasteiger partial charge >= 0.3 is 0 Å². The molecule has 1 saturated carbocycles. The molecular formula is C22H28Cl2N4O2S. The number of methoxy groups -OCH3 is 1. The highest BCUT2D eigenvalue weighted by molar-refractivity contribution is 7.99. The second-order valence-electron chi connectivity index (χ2n) is 8.45. The third-order valence-electron chi connectivity index (χ3n) is 6.68. The summed E-state index contributed by atoms with van der Waals surface area (Å²) in [5, 5.41) is 11.7. The van der Waals surface area contributed by atoms with E-state index in [-0.39, 0.29) is 24.2 Å². The second-order valence-corrected chi connectivity index (χ2v) is 10.3. The molecule has 168 valence electrons. The van der Waals surface area contributed by atoms with Gasteiger partial charge < -0.3 is 20.5 Å². The van der Waals surface area contributed by atoms with Gasteiger partial charge in [-0.1, -0.05) is 41.0 Å². The fourth-order valence-electron chi connectivity index (χ4n) is 4.79. The zero-order valence-corrected chi connectivity index (χ0v) is 20.1. The predicted octanol–water partition coefficient (Wildman–Crippen LogP) is 4.46. The molecule has 2 atom stereocenters. The van der Waals surface area contributed by atoms with Crippen molar-refractivity contribution in [1.29, 1.82) is 0 Å². The molecule has 2 fully saturated rings. The highest BCUT2D eigenvalue weighted by Gasteiger charge is 2.47. The van der Waals surface area contributed by atoms with Crippen molar-refractivity contribution in [1.82, 2.24) is 9.97 Å². The molecule has 31 heavy (non-hydrogen) atoms. The fraction of sp³-hybridized carbons (Fsp3) is 0.545. The molecule has 1 aromatic heterocycles. The number of halogens is 2.